The van der Waals surface area contributed by atoms with Crippen LogP contribution in [0.1, 0.15) is 26.7 Å². The Kier molecular flexibility index (Phi) is 4.47. The molecule has 4 N–H and O–H groups in total. The first kappa shape index (κ1) is 13.9. The topological polar surface area (TPSA) is 98.7 Å². The van der Waals surface area contributed by atoms with E-state index in [1.54, 1.807) is 0 Å². The van der Waals surface area contributed by atoms with Crippen molar-refractivity contribution in [3.63, 3.8) is 0 Å². The number of primary amides is 1. The van der Waals surface area contributed by atoms with Crippen LogP contribution in [-0.2, 0) is 14.3 Å². The van der Waals surface area contributed by atoms with Crippen molar-refractivity contribution in [1.29, 1.82) is 0 Å². The maximum atomic E-state index is 12.3. The summed E-state index contributed by atoms with van der Waals surface area (Å²) in [4.78, 5) is 25.1. The van der Waals surface area contributed by atoms with E-state index < -0.39 is 17.5 Å². The molecule has 6 nitrogen and oxygen atoms in total. The van der Waals surface area contributed by atoms with Crippen molar-refractivity contribution in [2.24, 2.45) is 11.5 Å². The van der Waals surface area contributed by atoms with Crippen LogP contribution in [0.4, 0.5) is 0 Å². The summed E-state index contributed by atoms with van der Waals surface area (Å²) < 4.78 is 5.17. The molecule has 0 bridgehead atoms. The molecular formula is C11H21N3O3. The van der Waals surface area contributed by atoms with Crippen molar-refractivity contribution in [2.45, 2.75) is 38.3 Å². The summed E-state index contributed by atoms with van der Waals surface area (Å²) in [6, 6.07) is -0.697. The Balaban J connectivity index is 2.88. The Morgan fingerprint density at radius 1 is 1.41 bits per heavy atom. The van der Waals surface area contributed by atoms with Gasteiger partial charge in [-0.05, 0) is 12.8 Å². The van der Waals surface area contributed by atoms with E-state index in [0.717, 1.165) is 0 Å². The first-order valence-corrected chi connectivity index (χ1v) is 5.93. The number of morpholine rings is 1. The highest BCUT2D eigenvalue weighted by molar-refractivity contribution is 5.91. The number of carbonyl (C=O) groups excluding carboxylic acids is 2. The predicted octanol–water partition coefficient (Wildman–Crippen LogP) is -0.783. The maximum Gasteiger partial charge on any atom is 0.243 e. The summed E-state index contributed by atoms with van der Waals surface area (Å²) in [6.45, 7) is 4.66. The second kappa shape index (κ2) is 5.46. The summed E-state index contributed by atoms with van der Waals surface area (Å²) in [5, 5.41) is 0. The average Bonchev–Trinajstić information content (AvgIpc) is 2.36. The zero-order valence-corrected chi connectivity index (χ0v) is 10.4. The van der Waals surface area contributed by atoms with Gasteiger partial charge in [-0.1, -0.05) is 13.8 Å². The highest BCUT2D eigenvalue weighted by Crippen LogP contribution is 2.18. The van der Waals surface area contributed by atoms with E-state index in [1.807, 2.05) is 13.8 Å². The number of hydrogen-bond acceptors (Lipinski definition) is 4. The number of carbonyl (C=O) groups is 2. The number of amides is 2. The molecule has 0 aromatic carbocycles. The molecule has 0 radical (unpaired) electrons. The van der Waals surface area contributed by atoms with Gasteiger partial charge < -0.3 is 21.1 Å². The molecule has 1 aliphatic heterocycles. The molecule has 0 saturated carbocycles. The van der Waals surface area contributed by atoms with E-state index in [9.17, 15) is 9.59 Å². The van der Waals surface area contributed by atoms with E-state index in [1.165, 1.54) is 4.90 Å². The first-order chi connectivity index (χ1) is 7.96. The predicted molar refractivity (Wildman–Crippen MR) is 63.0 cm³/mol. The lowest BCUT2D eigenvalue weighted by molar-refractivity contribution is -0.151. The van der Waals surface area contributed by atoms with Gasteiger partial charge in [0.1, 0.15) is 6.04 Å². The van der Waals surface area contributed by atoms with Crippen LogP contribution >= 0.6 is 0 Å². The summed E-state index contributed by atoms with van der Waals surface area (Å²) in [5.74, 6) is -0.762. The van der Waals surface area contributed by atoms with Crippen LogP contribution in [-0.4, -0.2) is 48.1 Å². The molecule has 1 rings (SSSR count). The van der Waals surface area contributed by atoms with Gasteiger partial charge in [0.25, 0.3) is 0 Å². The minimum Gasteiger partial charge on any atom is -0.377 e. The minimum atomic E-state index is -0.912. The molecule has 0 aromatic rings. The molecule has 6 heteroatoms. The molecule has 1 unspecified atom stereocenters. The molecule has 1 fully saturated rings. The van der Waals surface area contributed by atoms with Crippen molar-refractivity contribution in [3.05, 3.63) is 0 Å². The van der Waals surface area contributed by atoms with Crippen molar-refractivity contribution in [3.8, 4) is 0 Å². The van der Waals surface area contributed by atoms with Crippen molar-refractivity contribution >= 4 is 11.8 Å². The third kappa shape index (κ3) is 2.76. The summed E-state index contributed by atoms with van der Waals surface area (Å²) in [5.41, 5.74) is 10.4. The summed E-state index contributed by atoms with van der Waals surface area (Å²) >= 11 is 0. The molecule has 1 heterocycles. The number of hydrogen-bond donors (Lipinski definition) is 2. The van der Waals surface area contributed by atoms with Crippen LogP contribution in [0.3, 0.4) is 0 Å². The van der Waals surface area contributed by atoms with E-state index in [0.29, 0.717) is 26.0 Å². The molecule has 17 heavy (non-hydrogen) atoms. The van der Waals surface area contributed by atoms with Gasteiger partial charge in [0.05, 0.1) is 18.8 Å². The average molecular weight is 243 g/mol. The quantitative estimate of drug-likeness (QED) is 0.676. The molecule has 2 amide bonds. The molecule has 0 aliphatic carbocycles. The molecule has 0 spiro atoms. The lowest BCUT2D eigenvalue weighted by atomic mass is 9.91. The number of nitrogens with zero attached hydrogens (tertiary/aromatic N) is 1. The van der Waals surface area contributed by atoms with Crippen molar-refractivity contribution in [2.75, 3.05) is 19.8 Å². The van der Waals surface area contributed by atoms with E-state index in [2.05, 4.69) is 0 Å². The van der Waals surface area contributed by atoms with Gasteiger partial charge in [-0.3, -0.25) is 9.59 Å². The highest BCUT2D eigenvalue weighted by atomic mass is 16.5. The molecule has 0 aromatic heterocycles. The molecule has 1 atom stereocenters. The SMILES string of the molecule is CCC(N)(CC)C(=O)N1CCOCC1C(N)=O. The number of rotatable bonds is 4. The monoisotopic (exact) mass is 243 g/mol. The Labute approximate surface area is 101 Å². The van der Waals surface area contributed by atoms with Crippen molar-refractivity contribution in [1.82, 2.24) is 4.90 Å². The van der Waals surface area contributed by atoms with Crippen LogP contribution in [0.25, 0.3) is 0 Å². The van der Waals surface area contributed by atoms with Gasteiger partial charge >= 0.3 is 0 Å². The summed E-state index contributed by atoms with van der Waals surface area (Å²) in [6.07, 6.45) is 1.07. The standard InChI is InChI=1S/C11H21N3O3/c1-3-11(13,4-2)10(16)14-5-6-17-7-8(14)9(12)15/h8H,3-7,13H2,1-2H3,(H2,12,15). The van der Waals surface area contributed by atoms with Crippen LogP contribution in [0.5, 0.6) is 0 Å². The van der Waals surface area contributed by atoms with Crippen molar-refractivity contribution < 1.29 is 14.3 Å². The van der Waals surface area contributed by atoms with E-state index in [4.69, 9.17) is 16.2 Å². The van der Waals surface area contributed by atoms with Crippen LogP contribution < -0.4 is 11.5 Å². The van der Waals surface area contributed by atoms with Gasteiger partial charge in [0, 0.05) is 6.54 Å². The second-order valence-corrected chi connectivity index (χ2v) is 4.35. The smallest absolute Gasteiger partial charge is 0.243 e. The Hall–Kier alpha value is -1.14. The Morgan fingerprint density at radius 3 is 2.47 bits per heavy atom. The van der Waals surface area contributed by atoms with Gasteiger partial charge in [0.15, 0.2) is 0 Å². The fourth-order valence-corrected chi connectivity index (χ4v) is 1.92. The fraction of sp³-hybridized carbons (Fsp3) is 0.818. The maximum absolute atomic E-state index is 12.3. The van der Waals surface area contributed by atoms with Gasteiger partial charge in [-0.25, -0.2) is 0 Å². The van der Waals surface area contributed by atoms with Crippen LogP contribution in [0.15, 0.2) is 0 Å². The highest BCUT2D eigenvalue weighted by Gasteiger charge is 2.40. The van der Waals surface area contributed by atoms with Crippen LogP contribution in [0.2, 0.25) is 0 Å². The second-order valence-electron chi connectivity index (χ2n) is 4.35. The third-order valence-electron chi connectivity index (χ3n) is 3.41. The third-order valence-corrected chi connectivity index (χ3v) is 3.41. The Bertz CT molecular complexity index is 302. The minimum absolute atomic E-state index is 0.157. The summed E-state index contributed by atoms with van der Waals surface area (Å²) in [7, 11) is 0. The van der Waals surface area contributed by atoms with E-state index >= 15 is 0 Å². The lowest BCUT2D eigenvalue weighted by Gasteiger charge is -2.39. The zero-order chi connectivity index (χ0) is 13.1. The lowest BCUT2D eigenvalue weighted by Crippen LogP contribution is -2.62. The first-order valence-electron chi connectivity index (χ1n) is 5.93. The van der Waals surface area contributed by atoms with E-state index in [-0.39, 0.29) is 12.5 Å². The fourth-order valence-electron chi connectivity index (χ4n) is 1.92. The normalized spacial score (nSPS) is 21.4. The van der Waals surface area contributed by atoms with Gasteiger partial charge in [-0.15, -0.1) is 0 Å². The van der Waals surface area contributed by atoms with Crippen LogP contribution in [0, 0.1) is 0 Å². The molecular weight excluding hydrogens is 222 g/mol. The Morgan fingerprint density at radius 2 is 2.00 bits per heavy atom. The zero-order valence-electron chi connectivity index (χ0n) is 10.4. The van der Waals surface area contributed by atoms with Gasteiger partial charge in [-0.2, -0.15) is 0 Å². The largest absolute Gasteiger partial charge is 0.377 e. The van der Waals surface area contributed by atoms with Gasteiger partial charge in [0.2, 0.25) is 11.8 Å². The molecule has 98 valence electrons. The molecule has 1 aliphatic rings. The number of nitrogens with two attached hydrogens (primary N) is 2. The molecule has 1 saturated heterocycles. The number of ether oxygens (including phenoxy) is 1.